The summed E-state index contributed by atoms with van der Waals surface area (Å²) in [6, 6.07) is 18.2. The average Bonchev–Trinajstić information content (AvgIpc) is 3.19. The number of benzene rings is 2. The largest absolute Gasteiger partial charge is 0.497 e. The molecule has 3 aromatic rings. The van der Waals surface area contributed by atoms with E-state index >= 15 is 0 Å². The number of hydrogen-bond acceptors (Lipinski definition) is 6. The Balaban J connectivity index is 1.86. The van der Waals surface area contributed by atoms with Crippen molar-refractivity contribution in [3.05, 3.63) is 76.8 Å². The Hall–Kier alpha value is -2.86. The molecule has 0 fully saturated rings. The highest BCUT2D eigenvalue weighted by molar-refractivity contribution is 7.13. The Kier molecular flexibility index (Phi) is 6.44. The first-order valence-electron chi connectivity index (χ1n) is 8.74. The van der Waals surface area contributed by atoms with Crippen LogP contribution < -0.4 is 9.64 Å². The quantitative estimate of drug-likeness (QED) is 0.536. The number of carbonyl (C=O) groups excluding carboxylic acids is 1. The number of rotatable bonds is 8. The zero-order chi connectivity index (χ0) is 19.1. The number of ether oxygens (including phenoxy) is 2. The van der Waals surface area contributed by atoms with Gasteiger partial charge in [-0.3, -0.25) is 0 Å². The molecule has 140 valence electrons. The van der Waals surface area contributed by atoms with E-state index in [4.69, 9.17) is 9.47 Å². The summed E-state index contributed by atoms with van der Waals surface area (Å²) in [6.07, 6.45) is 0. The summed E-state index contributed by atoms with van der Waals surface area (Å²) in [4.78, 5) is 18.6. The molecule has 0 saturated carbocycles. The van der Waals surface area contributed by atoms with Crippen LogP contribution in [0.2, 0.25) is 0 Å². The molecule has 27 heavy (non-hydrogen) atoms. The minimum atomic E-state index is -0.388. The fourth-order valence-corrected chi connectivity index (χ4v) is 3.49. The van der Waals surface area contributed by atoms with Crippen molar-refractivity contribution in [1.29, 1.82) is 0 Å². The first-order valence-corrected chi connectivity index (χ1v) is 9.62. The Morgan fingerprint density at radius 3 is 2.56 bits per heavy atom. The minimum absolute atomic E-state index is 0.337. The third-order valence-corrected chi connectivity index (χ3v) is 4.87. The molecule has 0 aliphatic carbocycles. The van der Waals surface area contributed by atoms with Gasteiger partial charge in [0.2, 0.25) is 0 Å². The summed E-state index contributed by atoms with van der Waals surface area (Å²) in [6.45, 7) is 3.47. The lowest BCUT2D eigenvalue weighted by Crippen LogP contribution is -2.22. The molecule has 0 saturated heterocycles. The number of hydrogen-bond donors (Lipinski definition) is 0. The van der Waals surface area contributed by atoms with Gasteiger partial charge in [-0.1, -0.05) is 42.5 Å². The van der Waals surface area contributed by atoms with Crippen LogP contribution in [0.4, 0.5) is 5.13 Å². The smallest absolute Gasteiger partial charge is 0.357 e. The van der Waals surface area contributed by atoms with Crippen LogP contribution in [-0.2, 0) is 17.8 Å². The van der Waals surface area contributed by atoms with E-state index < -0.39 is 0 Å². The molecule has 0 N–H and O–H groups in total. The molecule has 1 aromatic heterocycles. The number of nitrogens with zero attached hydrogens (tertiary/aromatic N) is 2. The predicted octanol–water partition coefficient (Wildman–Crippen LogP) is 4.54. The van der Waals surface area contributed by atoms with Crippen LogP contribution in [0.15, 0.2) is 60.0 Å². The lowest BCUT2D eigenvalue weighted by atomic mass is 10.1. The Morgan fingerprint density at radius 2 is 1.81 bits per heavy atom. The zero-order valence-corrected chi connectivity index (χ0v) is 16.2. The fourth-order valence-electron chi connectivity index (χ4n) is 2.69. The van der Waals surface area contributed by atoms with Gasteiger partial charge in [0.15, 0.2) is 10.8 Å². The van der Waals surface area contributed by atoms with Gasteiger partial charge < -0.3 is 14.4 Å². The number of anilines is 1. The Labute approximate surface area is 163 Å². The minimum Gasteiger partial charge on any atom is -0.497 e. The van der Waals surface area contributed by atoms with Gasteiger partial charge in [0.1, 0.15) is 5.75 Å². The van der Waals surface area contributed by atoms with E-state index in [9.17, 15) is 4.79 Å². The highest BCUT2D eigenvalue weighted by atomic mass is 32.1. The molecular weight excluding hydrogens is 360 g/mol. The second-order valence-corrected chi connectivity index (χ2v) is 6.77. The monoisotopic (exact) mass is 382 g/mol. The van der Waals surface area contributed by atoms with Crippen LogP contribution in [-0.4, -0.2) is 24.7 Å². The predicted molar refractivity (Wildman–Crippen MR) is 107 cm³/mol. The second-order valence-electron chi connectivity index (χ2n) is 5.93. The third-order valence-electron chi connectivity index (χ3n) is 3.97. The van der Waals surface area contributed by atoms with Gasteiger partial charge in [-0.15, -0.1) is 11.3 Å². The summed E-state index contributed by atoms with van der Waals surface area (Å²) in [5.74, 6) is 0.430. The van der Waals surface area contributed by atoms with Crippen molar-refractivity contribution in [2.75, 3.05) is 18.6 Å². The fraction of sp³-hybridized carbons (Fsp3) is 0.238. The number of methoxy groups -OCH3 is 1. The maximum Gasteiger partial charge on any atom is 0.357 e. The van der Waals surface area contributed by atoms with Gasteiger partial charge >= 0.3 is 5.97 Å². The van der Waals surface area contributed by atoms with Crippen LogP contribution in [0.5, 0.6) is 5.75 Å². The average molecular weight is 382 g/mol. The van der Waals surface area contributed by atoms with Crippen LogP contribution >= 0.6 is 11.3 Å². The van der Waals surface area contributed by atoms with Gasteiger partial charge in [-0.2, -0.15) is 0 Å². The van der Waals surface area contributed by atoms with Crippen molar-refractivity contribution in [3.8, 4) is 5.75 Å². The van der Waals surface area contributed by atoms with E-state index in [1.807, 2.05) is 36.4 Å². The molecule has 0 unspecified atom stereocenters. The lowest BCUT2D eigenvalue weighted by molar-refractivity contribution is 0.0520. The normalized spacial score (nSPS) is 10.4. The summed E-state index contributed by atoms with van der Waals surface area (Å²) in [5, 5.41) is 2.53. The molecular formula is C21H22N2O3S. The number of aromatic nitrogens is 1. The van der Waals surface area contributed by atoms with Crippen molar-refractivity contribution in [2.24, 2.45) is 0 Å². The van der Waals surface area contributed by atoms with Crippen molar-refractivity contribution in [1.82, 2.24) is 4.98 Å². The van der Waals surface area contributed by atoms with Crippen LogP contribution in [0.3, 0.4) is 0 Å². The lowest BCUT2D eigenvalue weighted by Gasteiger charge is -2.22. The molecule has 0 aliphatic rings. The van der Waals surface area contributed by atoms with Gasteiger partial charge in [0.05, 0.1) is 13.7 Å². The molecule has 0 aliphatic heterocycles. The molecule has 0 bridgehead atoms. The first-order chi connectivity index (χ1) is 13.2. The summed E-state index contributed by atoms with van der Waals surface area (Å²) < 4.78 is 10.4. The highest BCUT2D eigenvalue weighted by Crippen LogP contribution is 2.26. The number of carbonyl (C=O) groups is 1. The topological polar surface area (TPSA) is 51.7 Å². The maximum atomic E-state index is 12.0. The van der Waals surface area contributed by atoms with Gasteiger partial charge in [0, 0.05) is 18.5 Å². The molecule has 0 radical (unpaired) electrons. The molecule has 1 heterocycles. The van der Waals surface area contributed by atoms with Crippen molar-refractivity contribution < 1.29 is 14.3 Å². The zero-order valence-electron chi connectivity index (χ0n) is 15.4. The van der Waals surface area contributed by atoms with E-state index in [0.717, 1.165) is 16.4 Å². The second kappa shape index (κ2) is 9.19. The van der Waals surface area contributed by atoms with E-state index in [1.165, 1.54) is 16.9 Å². The summed E-state index contributed by atoms with van der Waals surface area (Å²) in [7, 11) is 1.66. The molecule has 2 aromatic carbocycles. The van der Waals surface area contributed by atoms with Crippen LogP contribution in [0, 0.1) is 0 Å². The summed E-state index contributed by atoms with van der Waals surface area (Å²) in [5.41, 5.74) is 2.63. The molecule has 0 atom stereocenters. The van der Waals surface area contributed by atoms with E-state index in [1.54, 1.807) is 19.4 Å². The van der Waals surface area contributed by atoms with E-state index in [-0.39, 0.29) is 5.97 Å². The molecule has 5 nitrogen and oxygen atoms in total. The van der Waals surface area contributed by atoms with Gasteiger partial charge in [-0.05, 0) is 30.2 Å². The molecule has 6 heteroatoms. The van der Waals surface area contributed by atoms with Gasteiger partial charge in [0.25, 0.3) is 0 Å². The molecule has 0 spiro atoms. The molecule has 3 rings (SSSR count). The van der Waals surface area contributed by atoms with Crippen LogP contribution in [0.1, 0.15) is 28.5 Å². The van der Waals surface area contributed by atoms with Crippen LogP contribution in [0.25, 0.3) is 0 Å². The van der Waals surface area contributed by atoms with Gasteiger partial charge in [-0.25, -0.2) is 9.78 Å². The van der Waals surface area contributed by atoms with Crippen molar-refractivity contribution >= 4 is 22.4 Å². The molecule has 0 amide bonds. The highest BCUT2D eigenvalue weighted by Gasteiger charge is 2.17. The summed E-state index contributed by atoms with van der Waals surface area (Å²) >= 11 is 1.44. The number of esters is 1. The third kappa shape index (κ3) is 5.08. The SMILES string of the molecule is CCOC(=O)c1csc(N(Cc2ccccc2)Cc2cccc(OC)c2)n1. The number of thiazole rings is 1. The first kappa shape index (κ1) is 18.9. The van der Waals surface area contributed by atoms with E-state index in [0.29, 0.717) is 25.4 Å². The van der Waals surface area contributed by atoms with E-state index in [2.05, 4.69) is 28.1 Å². The van der Waals surface area contributed by atoms with Crippen molar-refractivity contribution in [2.45, 2.75) is 20.0 Å². The standard InChI is InChI=1S/C21H22N2O3S/c1-3-26-20(24)19-15-27-21(22-19)23(13-16-8-5-4-6-9-16)14-17-10-7-11-18(12-17)25-2/h4-12,15H,3,13-14H2,1-2H3. The maximum absolute atomic E-state index is 12.0. The Bertz CT molecular complexity index is 880. The Morgan fingerprint density at radius 1 is 1.07 bits per heavy atom. The van der Waals surface area contributed by atoms with Crippen molar-refractivity contribution in [3.63, 3.8) is 0 Å².